The lowest BCUT2D eigenvalue weighted by molar-refractivity contribution is -0.118. The second kappa shape index (κ2) is 5.66. The van der Waals surface area contributed by atoms with Gasteiger partial charge >= 0.3 is 0 Å². The molecule has 16 heavy (non-hydrogen) atoms. The fourth-order valence-corrected chi connectivity index (χ4v) is 1.29. The second-order valence-corrected chi connectivity index (χ2v) is 3.99. The van der Waals surface area contributed by atoms with E-state index in [1.807, 2.05) is 0 Å². The van der Waals surface area contributed by atoms with E-state index in [1.165, 1.54) is 6.92 Å². The molecular formula is C12H14ClNO2. The highest BCUT2D eigenvalue weighted by atomic mass is 35.5. The van der Waals surface area contributed by atoms with Gasteiger partial charge in [0.15, 0.2) is 5.78 Å². The van der Waals surface area contributed by atoms with Crippen molar-refractivity contribution >= 4 is 29.0 Å². The zero-order valence-corrected chi connectivity index (χ0v) is 10.0. The van der Waals surface area contributed by atoms with Gasteiger partial charge in [-0.3, -0.25) is 9.59 Å². The number of amides is 1. The lowest BCUT2D eigenvalue weighted by atomic mass is 10.1. The standard InChI is InChI=1S/C12H14ClNO2/c1-8(7-13)12(16)14-11-5-3-4-10(6-11)9(2)15/h3-6,8H,7H2,1-2H3,(H,14,16). The van der Waals surface area contributed by atoms with Gasteiger partial charge in [-0.2, -0.15) is 0 Å². The van der Waals surface area contributed by atoms with Gasteiger partial charge in [-0.05, 0) is 19.1 Å². The summed E-state index contributed by atoms with van der Waals surface area (Å²) in [5.41, 5.74) is 1.20. The molecule has 0 aliphatic rings. The quantitative estimate of drug-likeness (QED) is 0.649. The van der Waals surface area contributed by atoms with Gasteiger partial charge in [-0.1, -0.05) is 19.1 Å². The average molecular weight is 240 g/mol. The number of carbonyl (C=O) groups excluding carboxylic acids is 2. The maximum absolute atomic E-state index is 11.5. The number of anilines is 1. The summed E-state index contributed by atoms with van der Waals surface area (Å²) in [5, 5.41) is 2.71. The molecule has 1 aromatic carbocycles. The number of nitrogens with one attached hydrogen (secondary N) is 1. The Morgan fingerprint density at radius 1 is 1.44 bits per heavy atom. The molecule has 1 amide bonds. The summed E-state index contributed by atoms with van der Waals surface area (Å²) in [6, 6.07) is 6.84. The van der Waals surface area contributed by atoms with Crippen LogP contribution in [-0.2, 0) is 4.79 Å². The predicted molar refractivity (Wildman–Crippen MR) is 65.0 cm³/mol. The fraction of sp³-hybridized carbons (Fsp3) is 0.333. The molecular weight excluding hydrogens is 226 g/mol. The molecule has 86 valence electrons. The van der Waals surface area contributed by atoms with Crippen LogP contribution < -0.4 is 5.32 Å². The Labute approximate surface area is 99.8 Å². The van der Waals surface area contributed by atoms with E-state index in [0.717, 1.165) is 0 Å². The van der Waals surface area contributed by atoms with E-state index < -0.39 is 0 Å². The van der Waals surface area contributed by atoms with E-state index in [0.29, 0.717) is 11.3 Å². The van der Waals surface area contributed by atoms with Crippen LogP contribution in [0.1, 0.15) is 24.2 Å². The number of hydrogen-bond donors (Lipinski definition) is 1. The monoisotopic (exact) mass is 239 g/mol. The van der Waals surface area contributed by atoms with E-state index in [9.17, 15) is 9.59 Å². The fourth-order valence-electron chi connectivity index (χ4n) is 1.15. The third kappa shape index (κ3) is 3.35. The van der Waals surface area contributed by atoms with Gasteiger partial charge < -0.3 is 5.32 Å². The molecule has 0 radical (unpaired) electrons. The highest BCUT2D eigenvalue weighted by Crippen LogP contribution is 2.12. The van der Waals surface area contributed by atoms with E-state index in [-0.39, 0.29) is 23.5 Å². The molecule has 3 nitrogen and oxygen atoms in total. The summed E-state index contributed by atoms with van der Waals surface area (Å²) in [4.78, 5) is 22.7. The number of Topliss-reactive ketones (excluding diaryl/α,β-unsaturated/α-hetero) is 1. The van der Waals surface area contributed by atoms with Crippen LogP contribution in [-0.4, -0.2) is 17.6 Å². The van der Waals surface area contributed by atoms with Crippen molar-refractivity contribution in [3.63, 3.8) is 0 Å². The first kappa shape index (κ1) is 12.7. The van der Waals surface area contributed by atoms with Crippen LogP contribution in [0.3, 0.4) is 0 Å². The number of hydrogen-bond acceptors (Lipinski definition) is 2. The molecule has 1 aromatic rings. The Balaban J connectivity index is 2.78. The Hall–Kier alpha value is -1.35. The minimum Gasteiger partial charge on any atom is -0.326 e. The van der Waals surface area contributed by atoms with Crippen LogP contribution >= 0.6 is 11.6 Å². The molecule has 4 heteroatoms. The largest absolute Gasteiger partial charge is 0.326 e. The first-order valence-corrected chi connectivity index (χ1v) is 5.56. The Bertz CT molecular complexity index is 404. The molecule has 0 spiro atoms. The van der Waals surface area contributed by atoms with Crippen LogP contribution in [0.5, 0.6) is 0 Å². The number of alkyl halides is 1. The smallest absolute Gasteiger partial charge is 0.228 e. The average Bonchev–Trinajstić information content (AvgIpc) is 2.28. The molecule has 0 fully saturated rings. The van der Waals surface area contributed by atoms with Crippen molar-refractivity contribution in [2.45, 2.75) is 13.8 Å². The Kier molecular flexibility index (Phi) is 4.50. The highest BCUT2D eigenvalue weighted by molar-refractivity contribution is 6.19. The SMILES string of the molecule is CC(=O)c1cccc(NC(=O)C(C)CCl)c1. The van der Waals surface area contributed by atoms with Crippen LogP contribution in [0.25, 0.3) is 0 Å². The molecule has 0 saturated heterocycles. The van der Waals surface area contributed by atoms with Gasteiger partial charge in [-0.15, -0.1) is 11.6 Å². The van der Waals surface area contributed by atoms with Crippen LogP contribution in [0.4, 0.5) is 5.69 Å². The molecule has 1 unspecified atom stereocenters. The van der Waals surface area contributed by atoms with E-state index in [2.05, 4.69) is 5.32 Å². The van der Waals surface area contributed by atoms with Crippen LogP contribution in [0.15, 0.2) is 24.3 Å². The normalized spacial score (nSPS) is 11.9. The Morgan fingerprint density at radius 3 is 2.69 bits per heavy atom. The molecule has 1 N–H and O–H groups in total. The summed E-state index contributed by atoms with van der Waals surface area (Å²) < 4.78 is 0. The predicted octanol–water partition coefficient (Wildman–Crippen LogP) is 2.70. The first-order chi connectivity index (χ1) is 7.54. The van der Waals surface area contributed by atoms with Gasteiger partial charge in [0.05, 0.1) is 0 Å². The molecule has 1 rings (SSSR count). The van der Waals surface area contributed by atoms with Gasteiger partial charge in [0.2, 0.25) is 5.91 Å². The third-order valence-corrected chi connectivity index (χ3v) is 2.68. The molecule has 0 aliphatic carbocycles. The number of halogens is 1. The van der Waals surface area contributed by atoms with Gasteiger partial charge in [0.1, 0.15) is 0 Å². The van der Waals surface area contributed by atoms with Crippen molar-refractivity contribution in [2.75, 3.05) is 11.2 Å². The van der Waals surface area contributed by atoms with Crippen LogP contribution in [0, 0.1) is 5.92 Å². The molecule has 0 saturated carbocycles. The lowest BCUT2D eigenvalue weighted by Crippen LogP contribution is -2.21. The number of rotatable bonds is 4. The maximum Gasteiger partial charge on any atom is 0.228 e. The summed E-state index contributed by atoms with van der Waals surface area (Å²) >= 11 is 5.58. The minimum absolute atomic E-state index is 0.0264. The van der Waals surface area contributed by atoms with E-state index >= 15 is 0 Å². The van der Waals surface area contributed by atoms with Gasteiger partial charge in [0.25, 0.3) is 0 Å². The number of carbonyl (C=O) groups is 2. The van der Waals surface area contributed by atoms with Gasteiger partial charge in [-0.25, -0.2) is 0 Å². The molecule has 1 atom stereocenters. The highest BCUT2D eigenvalue weighted by Gasteiger charge is 2.11. The summed E-state index contributed by atoms with van der Waals surface area (Å²) in [7, 11) is 0. The zero-order chi connectivity index (χ0) is 12.1. The van der Waals surface area contributed by atoms with Crippen molar-refractivity contribution in [2.24, 2.45) is 5.92 Å². The topological polar surface area (TPSA) is 46.2 Å². The third-order valence-electron chi connectivity index (χ3n) is 2.22. The molecule has 0 aliphatic heterocycles. The Morgan fingerprint density at radius 2 is 2.12 bits per heavy atom. The summed E-state index contributed by atoms with van der Waals surface area (Å²) in [6.07, 6.45) is 0. The van der Waals surface area contributed by atoms with E-state index in [1.54, 1.807) is 31.2 Å². The molecule has 0 aromatic heterocycles. The number of ketones is 1. The van der Waals surface area contributed by atoms with Crippen molar-refractivity contribution in [1.29, 1.82) is 0 Å². The van der Waals surface area contributed by atoms with Crippen LogP contribution in [0.2, 0.25) is 0 Å². The molecule has 0 heterocycles. The van der Waals surface area contributed by atoms with E-state index in [4.69, 9.17) is 11.6 Å². The van der Waals surface area contributed by atoms with Crippen molar-refractivity contribution < 1.29 is 9.59 Å². The number of benzene rings is 1. The molecule has 0 bridgehead atoms. The summed E-state index contributed by atoms with van der Waals surface area (Å²) in [5.74, 6) is -0.141. The van der Waals surface area contributed by atoms with Gasteiger partial charge in [0, 0.05) is 23.0 Å². The van der Waals surface area contributed by atoms with Crippen molar-refractivity contribution in [3.05, 3.63) is 29.8 Å². The maximum atomic E-state index is 11.5. The minimum atomic E-state index is -0.248. The zero-order valence-electron chi connectivity index (χ0n) is 9.29. The van der Waals surface area contributed by atoms with Crippen molar-refractivity contribution in [1.82, 2.24) is 0 Å². The summed E-state index contributed by atoms with van der Waals surface area (Å²) in [6.45, 7) is 3.24. The second-order valence-electron chi connectivity index (χ2n) is 3.68. The first-order valence-electron chi connectivity index (χ1n) is 5.02. The van der Waals surface area contributed by atoms with Crippen molar-refractivity contribution in [3.8, 4) is 0 Å². The lowest BCUT2D eigenvalue weighted by Gasteiger charge is -2.09.